The summed E-state index contributed by atoms with van der Waals surface area (Å²) in [6, 6.07) is 12.9. The van der Waals surface area contributed by atoms with Crippen LogP contribution in [0.2, 0.25) is 51.4 Å². The first kappa shape index (κ1) is 54.9. The van der Waals surface area contributed by atoms with Crippen molar-refractivity contribution in [3.05, 3.63) is 88.7 Å². The number of hydrogen-bond acceptors (Lipinski definition) is 6. The summed E-state index contributed by atoms with van der Waals surface area (Å²) in [5.41, 5.74) is 4.78. The van der Waals surface area contributed by atoms with Gasteiger partial charge in [-0.05, 0) is 68.9 Å². The number of carbonyl (C=O) groups excluding carboxylic acids is 2. The van der Waals surface area contributed by atoms with Crippen LogP contribution in [0.15, 0.2) is 106 Å². The first-order valence-electron chi connectivity index (χ1n) is 17.2. The Balaban J connectivity index is 0.00000105. The average Bonchev–Trinajstić information content (AvgIpc) is 3.48. The monoisotopic (exact) mass is 1060 g/mol. The molecule has 1 N–H and O–H groups in total. The Morgan fingerprint density at radius 3 is 2.00 bits per heavy atom. The van der Waals surface area contributed by atoms with Gasteiger partial charge in [0.05, 0.1) is 23.8 Å². The minimum absolute atomic E-state index is 0. The molecule has 2 aromatic carbocycles. The molecule has 22 heteroatoms. The Kier molecular flexibility index (Phi) is 24.6. The minimum atomic E-state index is -1.35. The van der Waals surface area contributed by atoms with Crippen LogP contribution in [0.5, 0.6) is 0 Å². The molecule has 2 aliphatic rings. The maximum Gasteiger partial charge on any atom is 2.00 e. The number of hydrazine groups is 1. The second-order valence-corrected chi connectivity index (χ2v) is 30.5. The molecule has 2 heterocycles. The third kappa shape index (κ3) is 16.1. The number of nitrogens with one attached hydrogen (secondary N) is 1. The van der Waals surface area contributed by atoms with Gasteiger partial charge in [-0.2, -0.15) is 15.0 Å². The molecule has 308 valence electrons. The van der Waals surface area contributed by atoms with E-state index in [1.165, 1.54) is 18.1 Å². The average molecular weight is 1060 g/mol. The van der Waals surface area contributed by atoms with Crippen molar-refractivity contribution in [2.24, 2.45) is 35.6 Å². The first-order chi connectivity index (χ1) is 25.8. The van der Waals surface area contributed by atoms with Crippen LogP contribution in [0.1, 0.15) is 17.5 Å². The largest absolute Gasteiger partial charge is 2.00 e. The predicted octanol–water partition coefficient (Wildman–Crippen LogP) is 5.78. The van der Waals surface area contributed by atoms with Crippen LogP contribution in [-0.2, 0) is 36.8 Å². The van der Waals surface area contributed by atoms with Gasteiger partial charge < -0.3 is 21.9 Å². The third-order valence-electron chi connectivity index (χ3n) is 8.02. The molecule has 0 spiro atoms. The summed E-state index contributed by atoms with van der Waals surface area (Å²) in [6.07, 6.45) is 3.53. The number of carbonyl (C=O) groups is 2. The fourth-order valence-corrected chi connectivity index (χ4v) is 14.6. The summed E-state index contributed by atoms with van der Waals surface area (Å²) in [7, 11) is -1.99. The van der Waals surface area contributed by atoms with E-state index in [-0.39, 0.29) is 57.6 Å². The first-order valence-corrected chi connectivity index (χ1v) is 28.9. The number of anilines is 2. The van der Waals surface area contributed by atoms with E-state index in [4.69, 9.17) is 0 Å². The van der Waals surface area contributed by atoms with Crippen LogP contribution in [0, 0.1) is 6.92 Å². The Morgan fingerprint density at radius 1 is 0.895 bits per heavy atom. The Bertz CT molecular complexity index is 1900. The maximum absolute atomic E-state index is 13.6. The molecule has 3 atom stereocenters. The van der Waals surface area contributed by atoms with Crippen molar-refractivity contribution < 1.29 is 35.0 Å². The van der Waals surface area contributed by atoms with Crippen LogP contribution >= 0.6 is 31.9 Å². The molecule has 0 radical (unpaired) electrons. The topological polar surface area (TPSA) is 173 Å². The number of hydrogen-bond donors (Lipinski definition) is 1. The van der Waals surface area contributed by atoms with Crippen molar-refractivity contribution in [2.45, 2.75) is 63.2 Å². The second kappa shape index (κ2) is 25.5. The van der Waals surface area contributed by atoms with Crippen LogP contribution in [0.4, 0.5) is 11.4 Å². The van der Waals surface area contributed by atoms with E-state index in [9.17, 15) is 18.0 Å². The molecular formula is C35H51Br3MgN10O4S2Si2. The van der Waals surface area contributed by atoms with Crippen molar-refractivity contribution >= 4 is 122 Å². The normalized spacial score (nSPS) is 17.9. The van der Waals surface area contributed by atoms with Gasteiger partial charge >= 0.3 is 23.1 Å². The number of allylic oxidation sites excluding steroid dienone is 2. The van der Waals surface area contributed by atoms with Crippen LogP contribution in [0.3, 0.4) is 0 Å². The molecule has 14 nitrogen and oxygen atoms in total. The summed E-state index contributed by atoms with van der Waals surface area (Å²) in [6.45, 7) is 23.8. The zero-order valence-electron chi connectivity index (χ0n) is 33.8. The molecule has 0 aliphatic carbocycles. The molecule has 57 heavy (non-hydrogen) atoms. The number of halogens is 3. The molecule has 0 fully saturated rings. The van der Waals surface area contributed by atoms with Crippen molar-refractivity contribution in [2.75, 3.05) is 41.3 Å². The quantitative estimate of drug-likeness (QED) is 0.0783. The number of fused-ring (bicyclic) bond motifs is 2. The molecular weight excluding hydrogens is 1010 g/mol. The number of nitrogens with zero attached hydrogens (tertiary/aromatic N) is 9. The fourth-order valence-electron chi connectivity index (χ4n) is 5.29. The standard InChI is InChI=1S/C18H27BrN8O2SSi.C14H19BrN2O2SSi.C3H5.BrH.Mg/c1-6-10-18(13-30(29)11-12-31(3,4)5)16-14(19)8-7-9-15(16)27(17(18)28)26-25-24-23-22-21-20-2;1-17-11-7-5-6-10(15)12(11)13(14(17)18)16-20(19)8-9-21(2,3)4;1-3-2;;/h6-9H,1,10-13H2,2-5H3,(H,20,22,24,26);5-7H,8-9H2,1-4H3;3H,1-2H2;1H;/q;;-1;;+2/p-1/t18-,30-;20-;;;/m00.../s1. The van der Waals surface area contributed by atoms with Gasteiger partial charge in [0, 0.05) is 71.3 Å². The fraction of sp³-hybridized carbons (Fsp3) is 0.429. The molecule has 0 bridgehead atoms. The maximum atomic E-state index is 13.6. The Hall–Kier alpha value is -2.06. The molecule has 4 rings (SSSR count). The van der Waals surface area contributed by atoms with Crippen LogP contribution in [0.25, 0.3) is 0 Å². The number of benzene rings is 2. The third-order valence-corrected chi connectivity index (χ3v) is 16.0. The van der Waals surface area contributed by atoms with E-state index < -0.39 is 43.3 Å². The summed E-state index contributed by atoms with van der Waals surface area (Å²) in [5, 5.41) is 21.7. The van der Waals surface area contributed by atoms with E-state index in [0.717, 1.165) is 37.8 Å². The molecule has 0 aromatic heterocycles. The van der Waals surface area contributed by atoms with Crippen LogP contribution in [-0.4, -0.2) is 96.5 Å². The minimum Gasteiger partial charge on any atom is -1.00 e. The molecule has 2 aromatic rings. The van der Waals surface area contributed by atoms with Crippen molar-refractivity contribution in [3.8, 4) is 0 Å². The SMILES string of the molecule is C=CC[C@@]1(C[S@@](=O)CC[Si](C)(C)C)C(=O)N(NN=NN=NN=NC)c2cccc(Br)c21.C=C[CH2-].CN1C(=O)C(=N[S@@](=O)CC[Si](C)(C)C)c2c(Br)cccc21.[Br-].[Mg+2]. The zero-order valence-corrected chi connectivity index (χ0v) is 43.6. The van der Waals surface area contributed by atoms with Crippen molar-refractivity contribution in [1.29, 1.82) is 0 Å². The van der Waals surface area contributed by atoms with Gasteiger partial charge in [0.15, 0.2) is 0 Å². The van der Waals surface area contributed by atoms with Crippen LogP contribution < -0.4 is 32.4 Å². The molecule has 0 saturated heterocycles. The second-order valence-electron chi connectivity index (χ2n) is 14.8. The van der Waals surface area contributed by atoms with E-state index in [2.05, 4.69) is 132 Å². The predicted molar refractivity (Wildman–Crippen MR) is 244 cm³/mol. The molecule has 0 saturated carbocycles. The molecule has 0 unspecified atom stereocenters. The van der Waals surface area contributed by atoms with E-state index in [0.29, 0.717) is 29.3 Å². The zero-order chi connectivity index (χ0) is 41.6. The number of amides is 2. The smallest absolute Gasteiger partial charge is 1.00 e. The molecule has 2 amide bonds. The van der Waals surface area contributed by atoms with Gasteiger partial charge in [0.1, 0.15) is 16.7 Å². The Morgan fingerprint density at radius 2 is 1.44 bits per heavy atom. The van der Waals surface area contributed by atoms with E-state index in [1.54, 1.807) is 24.1 Å². The van der Waals surface area contributed by atoms with Gasteiger partial charge in [0.25, 0.3) is 11.8 Å². The number of rotatable bonds is 15. The van der Waals surface area contributed by atoms with Crippen molar-refractivity contribution in [3.63, 3.8) is 0 Å². The van der Waals surface area contributed by atoms with Gasteiger partial charge in [0.2, 0.25) is 0 Å². The molecule has 2 aliphatic heterocycles. The van der Waals surface area contributed by atoms with Gasteiger partial charge in [-0.25, -0.2) is 28.8 Å². The van der Waals surface area contributed by atoms with Gasteiger partial charge in [-0.1, -0.05) is 89.4 Å². The summed E-state index contributed by atoms with van der Waals surface area (Å²) in [5.74, 6) is 0.819. The Labute approximate surface area is 387 Å². The van der Waals surface area contributed by atoms with E-state index >= 15 is 0 Å². The van der Waals surface area contributed by atoms with Gasteiger partial charge in [-0.15, -0.1) is 6.58 Å². The van der Waals surface area contributed by atoms with Crippen molar-refractivity contribution in [1.82, 2.24) is 5.53 Å². The van der Waals surface area contributed by atoms with Gasteiger partial charge in [-0.3, -0.25) is 13.8 Å². The summed E-state index contributed by atoms with van der Waals surface area (Å²) < 4.78 is 31.0. The van der Waals surface area contributed by atoms with E-state index in [1.807, 2.05) is 30.3 Å². The number of likely N-dealkylation sites (N-methyl/N-ethyl adjacent to an activating group) is 1. The summed E-state index contributed by atoms with van der Waals surface area (Å²) in [4.78, 5) is 27.5. The summed E-state index contributed by atoms with van der Waals surface area (Å²) >= 11 is 7.03.